The van der Waals surface area contributed by atoms with Crippen LogP contribution in [-0.2, 0) is 0 Å². The standard InChI is InChI=1S/C12H10BrClOS/c1-7-2-9(6-16-7)12(15)8-3-10(13)5-11(14)4-8/h2-6,12,15H,1H3. The molecule has 1 aromatic heterocycles. The molecule has 1 nitrogen and oxygen atoms in total. The molecule has 1 atom stereocenters. The molecule has 1 heterocycles. The van der Waals surface area contributed by atoms with Gasteiger partial charge in [0.05, 0.1) is 0 Å². The van der Waals surface area contributed by atoms with Gasteiger partial charge < -0.3 is 5.11 Å². The lowest BCUT2D eigenvalue weighted by molar-refractivity contribution is 0.220. The molecule has 1 unspecified atom stereocenters. The molecule has 0 aliphatic carbocycles. The third kappa shape index (κ3) is 2.66. The molecule has 0 aliphatic rings. The van der Waals surface area contributed by atoms with Crippen LogP contribution < -0.4 is 0 Å². The monoisotopic (exact) mass is 316 g/mol. The van der Waals surface area contributed by atoms with E-state index in [1.54, 1.807) is 23.5 Å². The van der Waals surface area contributed by atoms with Gasteiger partial charge in [-0.2, -0.15) is 0 Å². The number of rotatable bonds is 2. The molecule has 0 fully saturated rings. The Balaban J connectivity index is 2.37. The van der Waals surface area contributed by atoms with Crippen molar-refractivity contribution in [1.82, 2.24) is 0 Å². The SMILES string of the molecule is Cc1cc(C(O)c2cc(Cl)cc(Br)c2)cs1. The van der Waals surface area contributed by atoms with Gasteiger partial charge in [0.2, 0.25) is 0 Å². The minimum atomic E-state index is -0.611. The molecule has 0 saturated carbocycles. The van der Waals surface area contributed by atoms with Crippen molar-refractivity contribution in [2.75, 3.05) is 0 Å². The summed E-state index contributed by atoms with van der Waals surface area (Å²) >= 11 is 10.9. The van der Waals surface area contributed by atoms with Crippen molar-refractivity contribution in [2.24, 2.45) is 0 Å². The van der Waals surface area contributed by atoms with Crippen LogP contribution in [0.3, 0.4) is 0 Å². The summed E-state index contributed by atoms with van der Waals surface area (Å²) in [6, 6.07) is 7.45. The van der Waals surface area contributed by atoms with E-state index in [1.807, 2.05) is 24.4 Å². The van der Waals surface area contributed by atoms with Gasteiger partial charge in [-0.05, 0) is 47.7 Å². The maximum Gasteiger partial charge on any atom is 0.105 e. The average molecular weight is 318 g/mol. The molecule has 0 saturated heterocycles. The van der Waals surface area contributed by atoms with Gasteiger partial charge in [0.25, 0.3) is 0 Å². The number of hydrogen-bond acceptors (Lipinski definition) is 2. The Kier molecular flexibility index (Phi) is 3.70. The summed E-state index contributed by atoms with van der Waals surface area (Å²) in [7, 11) is 0. The number of aliphatic hydroxyl groups is 1. The predicted octanol–water partition coefficient (Wildman–Crippen LogP) is 4.55. The van der Waals surface area contributed by atoms with Gasteiger partial charge in [0, 0.05) is 14.4 Å². The topological polar surface area (TPSA) is 20.2 Å². The molecule has 1 N–H and O–H groups in total. The first kappa shape index (κ1) is 12.1. The molecular formula is C12H10BrClOS. The maximum absolute atomic E-state index is 10.2. The Morgan fingerprint density at radius 3 is 2.56 bits per heavy atom. The van der Waals surface area contributed by atoms with Gasteiger partial charge in [-0.3, -0.25) is 0 Å². The van der Waals surface area contributed by atoms with Crippen LogP contribution in [0, 0.1) is 6.92 Å². The summed E-state index contributed by atoms with van der Waals surface area (Å²) in [4.78, 5) is 1.19. The molecule has 0 amide bonds. The van der Waals surface area contributed by atoms with E-state index in [0.717, 1.165) is 15.6 Å². The molecule has 2 aromatic rings. The van der Waals surface area contributed by atoms with Gasteiger partial charge in [0.1, 0.15) is 6.10 Å². The van der Waals surface area contributed by atoms with E-state index in [-0.39, 0.29) is 0 Å². The lowest BCUT2D eigenvalue weighted by atomic mass is 10.0. The lowest BCUT2D eigenvalue weighted by Gasteiger charge is -2.10. The van der Waals surface area contributed by atoms with Crippen molar-refractivity contribution < 1.29 is 5.11 Å². The van der Waals surface area contributed by atoms with E-state index in [0.29, 0.717) is 5.02 Å². The molecule has 4 heteroatoms. The van der Waals surface area contributed by atoms with Gasteiger partial charge in [-0.25, -0.2) is 0 Å². The summed E-state index contributed by atoms with van der Waals surface area (Å²) in [5, 5.41) is 12.8. The van der Waals surface area contributed by atoms with E-state index < -0.39 is 6.10 Å². The summed E-state index contributed by atoms with van der Waals surface area (Å²) in [5.41, 5.74) is 1.72. The summed E-state index contributed by atoms with van der Waals surface area (Å²) in [5.74, 6) is 0. The van der Waals surface area contributed by atoms with E-state index in [2.05, 4.69) is 15.9 Å². The van der Waals surface area contributed by atoms with E-state index in [1.165, 1.54) is 4.88 Å². The Hall–Kier alpha value is -0.350. The second kappa shape index (κ2) is 4.88. The van der Waals surface area contributed by atoms with Crippen LogP contribution in [0.2, 0.25) is 5.02 Å². The van der Waals surface area contributed by atoms with Crippen molar-refractivity contribution in [3.63, 3.8) is 0 Å². The molecule has 0 radical (unpaired) electrons. The van der Waals surface area contributed by atoms with Crippen LogP contribution in [0.25, 0.3) is 0 Å². The van der Waals surface area contributed by atoms with Gasteiger partial charge in [-0.1, -0.05) is 27.5 Å². The first-order valence-electron chi connectivity index (χ1n) is 4.75. The van der Waals surface area contributed by atoms with Crippen LogP contribution in [0.1, 0.15) is 22.1 Å². The van der Waals surface area contributed by atoms with Gasteiger partial charge >= 0.3 is 0 Å². The van der Waals surface area contributed by atoms with Crippen molar-refractivity contribution in [3.05, 3.63) is 55.1 Å². The number of benzene rings is 1. The van der Waals surface area contributed by atoms with E-state index >= 15 is 0 Å². The molecule has 1 aromatic carbocycles. The smallest absolute Gasteiger partial charge is 0.105 e. The van der Waals surface area contributed by atoms with Crippen LogP contribution >= 0.6 is 38.9 Å². The number of hydrogen-bond donors (Lipinski definition) is 1. The highest BCUT2D eigenvalue weighted by atomic mass is 79.9. The Morgan fingerprint density at radius 2 is 2.00 bits per heavy atom. The van der Waals surface area contributed by atoms with Crippen LogP contribution in [-0.4, -0.2) is 5.11 Å². The fourth-order valence-electron chi connectivity index (χ4n) is 1.53. The third-order valence-electron chi connectivity index (χ3n) is 2.27. The zero-order valence-corrected chi connectivity index (χ0v) is 11.7. The van der Waals surface area contributed by atoms with Gasteiger partial charge in [0.15, 0.2) is 0 Å². The zero-order valence-electron chi connectivity index (χ0n) is 8.58. The number of aliphatic hydroxyl groups excluding tert-OH is 1. The fourth-order valence-corrected chi connectivity index (χ4v) is 3.14. The average Bonchev–Trinajstić information content (AvgIpc) is 2.62. The third-order valence-corrected chi connectivity index (χ3v) is 3.82. The second-order valence-electron chi connectivity index (χ2n) is 3.60. The first-order valence-corrected chi connectivity index (χ1v) is 6.80. The molecular weight excluding hydrogens is 308 g/mol. The van der Waals surface area contributed by atoms with Gasteiger partial charge in [-0.15, -0.1) is 11.3 Å². The number of thiophene rings is 1. The van der Waals surface area contributed by atoms with Crippen LogP contribution in [0.15, 0.2) is 34.1 Å². The molecule has 16 heavy (non-hydrogen) atoms. The molecule has 0 aliphatic heterocycles. The molecule has 0 spiro atoms. The minimum Gasteiger partial charge on any atom is -0.384 e. The fraction of sp³-hybridized carbons (Fsp3) is 0.167. The van der Waals surface area contributed by atoms with E-state index in [9.17, 15) is 5.11 Å². The van der Waals surface area contributed by atoms with Crippen molar-refractivity contribution in [3.8, 4) is 0 Å². The molecule has 84 valence electrons. The summed E-state index contributed by atoms with van der Waals surface area (Å²) in [6.07, 6.45) is -0.611. The Labute approximate surface area is 112 Å². The highest BCUT2D eigenvalue weighted by Gasteiger charge is 2.12. The quantitative estimate of drug-likeness (QED) is 0.861. The highest BCUT2D eigenvalue weighted by molar-refractivity contribution is 9.10. The zero-order chi connectivity index (χ0) is 11.7. The number of halogens is 2. The maximum atomic E-state index is 10.2. The first-order chi connectivity index (χ1) is 7.56. The lowest BCUT2D eigenvalue weighted by Crippen LogP contribution is -1.97. The van der Waals surface area contributed by atoms with Crippen molar-refractivity contribution >= 4 is 38.9 Å². The number of aryl methyl sites for hydroxylation is 1. The normalized spacial score (nSPS) is 12.8. The molecule has 2 rings (SSSR count). The minimum absolute atomic E-state index is 0.611. The van der Waals surface area contributed by atoms with Crippen molar-refractivity contribution in [1.29, 1.82) is 0 Å². The van der Waals surface area contributed by atoms with Crippen molar-refractivity contribution in [2.45, 2.75) is 13.0 Å². The second-order valence-corrected chi connectivity index (χ2v) is 6.06. The largest absolute Gasteiger partial charge is 0.384 e. The summed E-state index contributed by atoms with van der Waals surface area (Å²) < 4.78 is 0.876. The van der Waals surface area contributed by atoms with Crippen LogP contribution in [0.4, 0.5) is 0 Å². The summed E-state index contributed by atoms with van der Waals surface area (Å²) in [6.45, 7) is 2.02. The predicted molar refractivity (Wildman–Crippen MR) is 72.3 cm³/mol. The molecule has 0 bridgehead atoms. The highest BCUT2D eigenvalue weighted by Crippen LogP contribution is 2.29. The Bertz CT molecular complexity index is 489. The van der Waals surface area contributed by atoms with Crippen LogP contribution in [0.5, 0.6) is 0 Å². The van der Waals surface area contributed by atoms with E-state index in [4.69, 9.17) is 11.6 Å². The Morgan fingerprint density at radius 1 is 1.25 bits per heavy atom.